The molecule has 0 aliphatic carbocycles. The van der Waals surface area contributed by atoms with Crippen molar-refractivity contribution >= 4 is 45.7 Å². The lowest BCUT2D eigenvalue weighted by Crippen LogP contribution is -2.04. The Morgan fingerprint density at radius 1 is 1.03 bits per heavy atom. The van der Waals surface area contributed by atoms with Crippen LogP contribution >= 0.6 is 11.6 Å². The van der Waals surface area contributed by atoms with Gasteiger partial charge in [-0.05, 0) is 79.4 Å². The molecule has 0 saturated carbocycles. The second-order valence-electron chi connectivity index (χ2n) is 7.08. The Balaban J connectivity index is 1.96. The number of nitrogens with two attached hydrogens (primary N) is 1. The first-order valence-electron chi connectivity index (χ1n) is 10.1. The molecule has 8 heteroatoms. The second kappa shape index (κ2) is 10.9. The van der Waals surface area contributed by atoms with Gasteiger partial charge in [-0.15, -0.1) is 0 Å². The Kier molecular flexibility index (Phi) is 7.73. The zero-order chi connectivity index (χ0) is 23.8. The normalized spacial score (nSPS) is 11.3. The molecule has 0 aliphatic heterocycles. The molecule has 0 bridgehead atoms. The summed E-state index contributed by atoms with van der Waals surface area (Å²) >= 11 is 5.98. The Morgan fingerprint density at radius 2 is 1.70 bits per heavy atom. The molecule has 0 spiro atoms. The van der Waals surface area contributed by atoms with Crippen LogP contribution in [0.3, 0.4) is 0 Å². The lowest BCUT2D eigenvalue weighted by molar-refractivity contribution is -0.384. The van der Waals surface area contributed by atoms with Gasteiger partial charge in [-0.2, -0.15) is 0 Å². The van der Waals surface area contributed by atoms with Crippen LogP contribution in [-0.4, -0.2) is 4.92 Å². The van der Waals surface area contributed by atoms with Gasteiger partial charge in [-0.1, -0.05) is 30.3 Å². The number of halogens is 1. The third-order valence-corrected chi connectivity index (χ3v) is 5.00. The molecular weight excluding hydrogens is 438 g/mol. The lowest BCUT2D eigenvalue weighted by Gasteiger charge is -2.17. The third kappa shape index (κ3) is 6.15. The van der Waals surface area contributed by atoms with E-state index in [9.17, 15) is 10.1 Å². The molecule has 33 heavy (non-hydrogen) atoms. The van der Waals surface area contributed by atoms with E-state index in [1.807, 2.05) is 55.5 Å². The largest absolute Gasteiger partial charge is 0.405 e. The molecule has 3 aromatic carbocycles. The Bertz CT molecular complexity index is 1220. The van der Waals surface area contributed by atoms with Crippen LogP contribution in [0.4, 0.5) is 34.1 Å². The van der Waals surface area contributed by atoms with Crippen molar-refractivity contribution in [3.63, 3.8) is 0 Å². The highest BCUT2D eigenvalue weighted by Crippen LogP contribution is 2.35. The molecule has 0 unspecified atom stereocenters. The predicted molar refractivity (Wildman–Crippen MR) is 138 cm³/mol. The molecule has 0 atom stereocenters. The molecule has 3 aromatic rings. The monoisotopic (exact) mass is 461 g/mol. The number of anilines is 5. The average molecular weight is 462 g/mol. The van der Waals surface area contributed by atoms with Crippen LogP contribution in [0.2, 0.25) is 5.02 Å². The molecule has 0 aromatic heterocycles. The van der Waals surface area contributed by atoms with Crippen molar-refractivity contribution in [3.8, 4) is 0 Å². The average Bonchev–Trinajstić information content (AvgIpc) is 2.80. The number of aryl methyl sites for hydroxylation is 1. The standard InChI is InChI=1S/C25H24ClN5O2/c1-3-19(7-6-14-27)28-24-16-23(17(2)15-25(24)31(32)33)30-22-9-5-4-8-21(22)29-20-12-10-18(26)11-13-20/h3-16,28-30H,1,27H2,2H3/b14-6-,19-7+. The summed E-state index contributed by atoms with van der Waals surface area (Å²) in [4.78, 5) is 11.2. The number of para-hydroxylation sites is 2. The van der Waals surface area contributed by atoms with Gasteiger partial charge < -0.3 is 21.7 Å². The molecule has 0 aliphatic rings. The Morgan fingerprint density at radius 3 is 2.30 bits per heavy atom. The first-order chi connectivity index (χ1) is 15.9. The fourth-order valence-corrected chi connectivity index (χ4v) is 3.21. The van der Waals surface area contributed by atoms with Crippen LogP contribution in [0.25, 0.3) is 0 Å². The zero-order valence-electron chi connectivity index (χ0n) is 18.0. The van der Waals surface area contributed by atoms with E-state index in [4.69, 9.17) is 17.3 Å². The van der Waals surface area contributed by atoms with Crippen molar-refractivity contribution in [1.29, 1.82) is 0 Å². The van der Waals surface area contributed by atoms with Gasteiger partial charge in [0.05, 0.1) is 16.3 Å². The van der Waals surface area contributed by atoms with Gasteiger partial charge in [0.15, 0.2) is 0 Å². The number of rotatable bonds is 9. The van der Waals surface area contributed by atoms with Crippen LogP contribution < -0.4 is 21.7 Å². The number of allylic oxidation sites excluding steroid dienone is 3. The molecule has 0 fully saturated rings. The number of nitrogens with zero attached hydrogens (tertiary/aromatic N) is 1. The van der Waals surface area contributed by atoms with Gasteiger partial charge in [0.2, 0.25) is 0 Å². The number of hydrogen-bond donors (Lipinski definition) is 4. The number of hydrogen-bond acceptors (Lipinski definition) is 6. The van der Waals surface area contributed by atoms with Crippen molar-refractivity contribution < 1.29 is 4.92 Å². The highest BCUT2D eigenvalue weighted by atomic mass is 35.5. The topological polar surface area (TPSA) is 105 Å². The van der Waals surface area contributed by atoms with E-state index in [2.05, 4.69) is 22.5 Å². The van der Waals surface area contributed by atoms with Crippen molar-refractivity contribution in [1.82, 2.24) is 0 Å². The smallest absolute Gasteiger partial charge is 0.293 e. The number of nitro benzene ring substituents is 1. The molecule has 0 amide bonds. The summed E-state index contributed by atoms with van der Waals surface area (Å²) in [6.07, 6.45) is 6.21. The minimum absolute atomic E-state index is 0.0462. The van der Waals surface area contributed by atoms with Gasteiger partial charge in [-0.3, -0.25) is 10.1 Å². The quantitative estimate of drug-likeness (QED) is 0.155. The summed E-state index contributed by atoms with van der Waals surface area (Å²) in [6.45, 7) is 5.56. The highest BCUT2D eigenvalue weighted by molar-refractivity contribution is 6.30. The summed E-state index contributed by atoms with van der Waals surface area (Å²) in [5.41, 5.74) is 10.2. The lowest BCUT2D eigenvalue weighted by atomic mass is 10.1. The van der Waals surface area contributed by atoms with Crippen LogP contribution in [0.15, 0.2) is 97.4 Å². The summed E-state index contributed by atoms with van der Waals surface area (Å²) in [5, 5.41) is 22.1. The number of nitrogens with one attached hydrogen (secondary N) is 3. The van der Waals surface area contributed by atoms with Crippen LogP contribution in [0.5, 0.6) is 0 Å². The van der Waals surface area contributed by atoms with E-state index < -0.39 is 4.92 Å². The third-order valence-electron chi connectivity index (χ3n) is 4.74. The van der Waals surface area contributed by atoms with E-state index in [1.54, 1.807) is 24.3 Å². The van der Waals surface area contributed by atoms with Crippen molar-refractivity contribution in [2.75, 3.05) is 16.0 Å². The fraction of sp³-hybridized carbons (Fsp3) is 0.0400. The SMILES string of the molecule is C=C/C(=C\C=C/N)Nc1cc(Nc2ccccc2Nc2ccc(Cl)cc2)c(C)cc1[N+](=O)[O-]. The van der Waals surface area contributed by atoms with E-state index >= 15 is 0 Å². The first kappa shape index (κ1) is 23.4. The Hall–Kier alpha value is -4.23. The molecule has 5 N–H and O–H groups in total. The summed E-state index contributed by atoms with van der Waals surface area (Å²) in [6, 6.07) is 18.3. The molecule has 0 heterocycles. The van der Waals surface area contributed by atoms with Crippen molar-refractivity contribution in [2.24, 2.45) is 5.73 Å². The maximum Gasteiger partial charge on any atom is 0.293 e. The molecule has 0 saturated heterocycles. The van der Waals surface area contributed by atoms with Gasteiger partial charge in [0.25, 0.3) is 5.69 Å². The number of benzene rings is 3. The van der Waals surface area contributed by atoms with E-state index in [0.717, 1.165) is 22.6 Å². The minimum Gasteiger partial charge on any atom is -0.405 e. The maximum atomic E-state index is 11.7. The van der Waals surface area contributed by atoms with Gasteiger partial charge in [0.1, 0.15) is 5.69 Å². The van der Waals surface area contributed by atoms with Gasteiger partial charge >= 0.3 is 0 Å². The van der Waals surface area contributed by atoms with Crippen molar-refractivity contribution in [3.05, 3.63) is 118 Å². The molecule has 7 nitrogen and oxygen atoms in total. The highest BCUT2D eigenvalue weighted by Gasteiger charge is 2.18. The minimum atomic E-state index is -0.422. The molecule has 168 valence electrons. The number of nitro groups is 1. The van der Waals surface area contributed by atoms with Gasteiger partial charge in [0, 0.05) is 28.2 Å². The van der Waals surface area contributed by atoms with Gasteiger partial charge in [-0.25, -0.2) is 0 Å². The van der Waals surface area contributed by atoms with E-state index in [1.165, 1.54) is 12.3 Å². The maximum absolute atomic E-state index is 11.7. The summed E-state index contributed by atoms with van der Waals surface area (Å²) in [5.74, 6) is 0. The summed E-state index contributed by atoms with van der Waals surface area (Å²) < 4.78 is 0. The summed E-state index contributed by atoms with van der Waals surface area (Å²) in [7, 11) is 0. The van der Waals surface area contributed by atoms with E-state index in [0.29, 0.717) is 22.1 Å². The molecule has 3 rings (SSSR count). The van der Waals surface area contributed by atoms with Crippen LogP contribution in [0, 0.1) is 17.0 Å². The van der Waals surface area contributed by atoms with Crippen molar-refractivity contribution in [2.45, 2.75) is 6.92 Å². The molecule has 0 radical (unpaired) electrons. The van der Waals surface area contributed by atoms with Crippen LogP contribution in [-0.2, 0) is 0 Å². The fourth-order valence-electron chi connectivity index (χ4n) is 3.09. The van der Waals surface area contributed by atoms with Crippen LogP contribution in [0.1, 0.15) is 5.56 Å². The Labute approximate surface area is 197 Å². The second-order valence-corrected chi connectivity index (χ2v) is 7.52. The first-order valence-corrected chi connectivity index (χ1v) is 10.4. The van der Waals surface area contributed by atoms with E-state index in [-0.39, 0.29) is 5.69 Å². The zero-order valence-corrected chi connectivity index (χ0v) is 18.8. The predicted octanol–water partition coefficient (Wildman–Crippen LogP) is 7.00. The molecular formula is C25H24ClN5O2.